The molecule has 0 aliphatic carbocycles. The van der Waals surface area contributed by atoms with Crippen LogP contribution in [0.2, 0.25) is 0 Å². The second kappa shape index (κ2) is 4.95. The van der Waals surface area contributed by atoms with Gasteiger partial charge in [0.1, 0.15) is 0 Å². The molecule has 0 atom stereocenters. The summed E-state index contributed by atoms with van der Waals surface area (Å²) in [5, 5.41) is 4.08. The fourth-order valence-corrected chi connectivity index (χ4v) is 1.77. The van der Waals surface area contributed by atoms with Crippen LogP contribution in [0.3, 0.4) is 0 Å². The second-order valence-corrected chi connectivity index (χ2v) is 4.24. The van der Waals surface area contributed by atoms with Crippen LogP contribution >= 0.6 is 0 Å². The Morgan fingerprint density at radius 1 is 1.24 bits per heavy atom. The summed E-state index contributed by atoms with van der Waals surface area (Å²) in [5.74, 6) is 0.186. The van der Waals surface area contributed by atoms with Gasteiger partial charge in [0.25, 0.3) is 0 Å². The number of aryl methyl sites for hydroxylation is 3. The van der Waals surface area contributed by atoms with Gasteiger partial charge >= 0.3 is 0 Å². The maximum absolute atomic E-state index is 11.9. The number of nitrogens with zero attached hydrogens (tertiary/aromatic N) is 2. The molecule has 0 spiro atoms. The Kier molecular flexibility index (Phi) is 3.38. The Hall–Kier alpha value is -1.90. The number of Topliss-reactive ketones (excluding diaryl/α,β-unsaturated/α-hetero) is 1. The van der Waals surface area contributed by atoms with Crippen LogP contribution in [0.15, 0.2) is 36.5 Å². The predicted molar refractivity (Wildman–Crippen MR) is 67.0 cm³/mol. The van der Waals surface area contributed by atoms with Crippen molar-refractivity contribution in [2.24, 2.45) is 7.05 Å². The van der Waals surface area contributed by atoms with Crippen LogP contribution in [-0.2, 0) is 13.5 Å². The van der Waals surface area contributed by atoms with E-state index in [4.69, 9.17) is 0 Å². The van der Waals surface area contributed by atoms with Crippen LogP contribution in [0.25, 0.3) is 0 Å². The van der Waals surface area contributed by atoms with Gasteiger partial charge < -0.3 is 0 Å². The molecule has 0 fully saturated rings. The van der Waals surface area contributed by atoms with E-state index in [0.717, 1.165) is 17.7 Å². The first kappa shape index (κ1) is 11.6. The predicted octanol–water partition coefficient (Wildman–Crippen LogP) is 2.54. The molecule has 0 unspecified atom stereocenters. The van der Waals surface area contributed by atoms with E-state index in [0.29, 0.717) is 6.42 Å². The zero-order valence-corrected chi connectivity index (χ0v) is 10.2. The van der Waals surface area contributed by atoms with Crippen molar-refractivity contribution in [2.45, 2.75) is 19.8 Å². The molecule has 0 N–H and O–H groups in total. The number of hydrogen-bond acceptors (Lipinski definition) is 2. The van der Waals surface area contributed by atoms with E-state index in [1.165, 1.54) is 5.56 Å². The van der Waals surface area contributed by atoms with Crippen LogP contribution in [-0.4, -0.2) is 15.6 Å². The summed E-state index contributed by atoms with van der Waals surface area (Å²) in [6, 6.07) is 9.67. The average Bonchev–Trinajstić information content (AvgIpc) is 2.73. The third kappa shape index (κ3) is 2.81. The van der Waals surface area contributed by atoms with Gasteiger partial charge in [-0.2, -0.15) is 5.10 Å². The van der Waals surface area contributed by atoms with Crippen molar-refractivity contribution in [1.29, 1.82) is 0 Å². The van der Waals surface area contributed by atoms with Gasteiger partial charge in [0.2, 0.25) is 0 Å². The summed E-state index contributed by atoms with van der Waals surface area (Å²) >= 11 is 0. The Labute approximate surface area is 101 Å². The van der Waals surface area contributed by atoms with Crippen LogP contribution in [0.5, 0.6) is 0 Å². The van der Waals surface area contributed by atoms with Gasteiger partial charge in [-0.25, -0.2) is 0 Å². The van der Waals surface area contributed by atoms with E-state index in [1.54, 1.807) is 6.20 Å². The van der Waals surface area contributed by atoms with Gasteiger partial charge in [0.05, 0.1) is 0 Å². The van der Waals surface area contributed by atoms with Crippen LogP contribution < -0.4 is 0 Å². The molecule has 2 aromatic rings. The van der Waals surface area contributed by atoms with Gasteiger partial charge in [-0.15, -0.1) is 0 Å². The molecular weight excluding hydrogens is 212 g/mol. The lowest BCUT2D eigenvalue weighted by Gasteiger charge is -2.02. The summed E-state index contributed by atoms with van der Waals surface area (Å²) in [7, 11) is 1.89. The number of benzene rings is 1. The first-order chi connectivity index (χ1) is 8.16. The first-order valence-electron chi connectivity index (χ1n) is 5.73. The topological polar surface area (TPSA) is 34.9 Å². The molecule has 0 saturated carbocycles. The van der Waals surface area contributed by atoms with E-state index < -0.39 is 0 Å². The van der Waals surface area contributed by atoms with Gasteiger partial charge in [-0.05, 0) is 19.4 Å². The Morgan fingerprint density at radius 3 is 2.53 bits per heavy atom. The Bertz CT molecular complexity index is 511. The molecule has 0 saturated heterocycles. The average molecular weight is 228 g/mol. The van der Waals surface area contributed by atoms with Crippen molar-refractivity contribution in [3.05, 3.63) is 53.3 Å². The van der Waals surface area contributed by atoms with E-state index in [9.17, 15) is 4.79 Å². The van der Waals surface area contributed by atoms with Crippen LogP contribution in [0.4, 0.5) is 0 Å². The number of aromatic nitrogens is 2. The minimum absolute atomic E-state index is 0.186. The fourth-order valence-electron chi connectivity index (χ4n) is 1.77. The van der Waals surface area contributed by atoms with E-state index in [2.05, 4.69) is 5.10 Å². The summed E-state index contributed by atoms with van der Waals surface area (Å²) in [4.78, 5) is 11.9. The fraction of sp³-hybridized carbons (Fsp3) is 0.286. The molecule has 0 radical (unpaired) electrons. The number of hydrogen-bond donors (Lipinski definition) is 0. The maximum atomic E-state index is 11.9. The number of rotatable bonds is 4. The number of carbonyl (C=O) groups excluding carboxylic acids is 1. The van der Waals surface area contributed by atoms with Crippen molar-refractivity contribution < 1.29 is 4.79 Å². The highest BCUT2D eigenvalue weighted by Crippen LogP contribution is 2.09. The van der Waals surface area contributed by atoms with Gasteiger partial charge in [0.15, 0.2) is 5.78 Å². The number of ketones is 1. The highest BCUT2D eigenvalue weighted by atomic mass is 16.1. The standard InChI is InChI=1S/C14H16N2O/c1-11-3-5-12(6-4-11)14(17)8-7-13-9-10-15-16(13)2/h3-6,9-10H,7-8H2,1-2H3. The Morgan fingerprint density at radius 2 is 1.94 bits per heavy atom. The lowest BCUT2D eigenvalue weighted by Crippen LogP contribution is -2.04. The zero-order chi connectivity index (χ0) is 12.3. The van der Waals surface area contributed by atoms with Crippen molar-refractivity contribution in [3.8, 4) is 0 Å². The molecule has 1 aromatic carbocycles. The molecule has 0 aliphatic rings. The minimum atomic E-state index is 0.186. The Balaban J connectivity index is 1.98. The molecule has 0 aliphatic heterocycles. The molecule has 3 nitrogen and oxygen atoms in total. The van der Waals surface area contributed by atoms with Crippen molar-refractivity contribution in [3.63, 3.8) is 0 Å². The molecule has 3 heteroatoms. The summed E-state index contributed by atoms with van der Waals surface area (Å²) in [5.41, 5.74) is 3.05. The second-order valence-electron chi connectivity index (χ2n) is 4.24. The lowest BCUT2D eigenvalue weighted by molar-refractivity contribution is 0.0982. The third-order valence-electron chi connectivity index (χ3n) is 2.90. The molecule has 17 heavy (non-hydrogen) atoms. The summed E-state index contributed by atoms with van der Waals surface area (Å²) < 4.78 is 1.81. The highest BCUT2D eigenvalue weighted by molar-refractivity contribution is 5.96. The molecular formula is C14H16N2O. The quantitative estimate of drug-likeness (QED) is 0.754. The van der Waals surface area contributed by atoms with Gasteiger partial charge in [-0.3, -0.25) is 9.48 Å². The zero-order valence-electron chi connectivity index (χ0n) is 10.2. The maximum Gasteiger partial charge on any atom is 0.163 e. The van der Waals surface area contributed by atoms with Crippen molar-refractivity contribution >= 4 is 5.78 Å². The molecule has 2 rings (SSSR count). The minimum Gasteiger partial charge on any atom is -0.294 e. The molecule has 1 heterocycles. The van der Waals surface area contributed by atoms with Crippen LogP contribution in [0.1, 0.15) is 28.0 Å². The molecule has 0 amide bonds. The lowest BCUT2D eigenvalue weighted by atomic mass is 10.0. The molecule has 0 bridgehead atoms. The normalized spacial score (nSPS) is 10.5. The summed E-state index contributed by atoms with van der Waals surface area (Å²) in [6.45, 7) is 2.02. The number of carbonyl (C=O) groups is 1. The highest BCUT2D eigenvalue weighted by Gasteiger charge is 2.07. The molecule has 1 aromatic heterocycles. The SMILES string of the molecule is Cc1ccc(C(=O)CCc2ccnn2C)cc1. The largest absolute Gasteiger partial charge is 0.294 e. The van der Waals surface area contributed by atoms with Gasteiger partial charge in [-0.1, -0.05) is 29.8 Å². The first-order valence-corrected chi connectivity index (χ1v) is 5.73. The van der Waals surface area contributed by atoms with Crippen molar-refractivity contribution in [2.75, 3.05) is 0 Å². The molecule has 88 valence electrons. The monoisotopic (exact) mass is 228 g/mol. The van der Waals surface area contributed by atoms with E-state index in [1.807, 2.05) is 49.0 Å². The smallest absolute Gasteiger partial charge is 0.163 e. The third-order valence-corrected chi connectivity index (χ3v) is 2.90. The van der Waals surface area contributed by atoms with E-state index >= 15 is 0 Å². The van der Waals surface area contributed by atoms with E-state index in [-0.39, 0.29) is 5.78 Å². The summed E-state index contributed by atoms with van der Waals surface area (Å²) in [6.07, 6.45) is 3.03. The van der Waals surface area contributed by atoms with Gasteiger partial charge in [0, 0.05) is 30.9 Å². The van der Waals surface area contributed by atoms with Crippen LogP contribution in [0, 0.1) is 6.92 Å². The van der Waals surface area contributed by atoms with Crippen molar-refractivity contribution in [1.82, 2.24) is 9.78 Å².